The molecular weight excluding hydrogens is 381 g/mol. The van der Waals surface area contributed by atoms with Gasteiger partial charge in [0.25, 0.3) is 0 Å². The van der Waals surface area contributed by atoms with Gasteiger partial charge in [-0.05, 0) is 44.3 Å². The van der Waals surface area contributed by atoms with Gasteiger partial charge in [0.15, 0.2) is 5.65 Å². The van der Waals surface area contributed by atoms with E-state index in [2.05, 4.69) is 15.0 Å². The van der Waals surface area contributed by atoms with E-state index < -0.39 is 17.3 Å². The van der Waals surface area contributed by atoms with Crippen molar-refractivity contribution in [3.8, 4) is 0 Å². The number of hydrogen-bond donors (Lipinski definition) is 0. The van der Waals surface area contributed by atoms with Crippen LogP contribution in [-0.4, -0.2) is 52.3 Å². The summed E-state index contributed by atoms with van der Waals surface area (Å²) < 4.78 is 47.5. The molecule has 160 valence electrons. The lowest BCUT2D eigenvalue weighted by atomic mass is 9.91. The first kappa shape index (κ1) is 20.6. The lowest BCUT2D eigenvalue weighted by Gasteiger charge is -2.32. The van der Waals surface area contributed by atoms with Gasteiger partial charge >= 0.3 is 6.18 Å². The van der Waals surface area contributed by atoms with Gasteiger partial charge in [-0.1, -0.05) is 20.8 Å². The lowest BCUT2D eigenvalue weighted by molar-refractivity contribution is -0.142. The van der Waals surface area contributed by atoms with Crippen LogP contribution in [0.3, 0.4) is 0 Å². The molecule has 5 nitrogen and oxygen atoms in total. The highest BCUT2D eigenvalue weighted by Crippen LogP contribution is 2.34. The van der Waals surface area contributed by atoms with E-state index in [4.69, 9.17) is 4.74 Å². The van der Waals surface area contributed by atoms with E-state index in [0.717, 1.165) is 68.4 Å². The van der Waals surface area contributed by atoms with Gasteiger partial charge in [-0.15, -0.1) is 0 Å². The standard InChI is InChI=1S/C21H29F3N4O/c1-20(2,3)17-11-18(21(22,23)24)28-19(25-17)10-16(26-28)15-4-7-27(8-5-15)12-14-6-9-29-13-14/h10-11,14-15H,4-9,12-13H2,1-3H3/t14-/m1/s1. The SMILES string of the molecule is CC(C)(C)c1cc(C(F)(F)F)n2nc(C3CCN(C[C@H]4CCOC4)CC3)cc2n1. The second-order valence-corrected chi connectivity index (χ2v) is 9.42. The summed E-state index contributed by atoms with van der Waals surface area (Å²) in [6.07, 6.45) is -1.54. The summed E-state index contributed by atoms with van der Waals surface area (Å²) in [5.41, 5.74) is 0.208. The van der Waals surface area contributed by atoms with Crippen LogP contribution in [0.4, 0.5) is 13.2 Å². The Bertz CT molecular complexity index is 857. The predicted molar refractivity (Wildman–Crippen MR) is 104 cm³/mol. The first-order valence-electron chi connectivity index (χ1n) is 10.4. The average Bonchev–Trinajstić information content (AvgIpc) is 3.29. The van der Waals surface area contributed by atoms with Crippen LogP contribution in [0.5, 0.6) is 0 Å². The second kappa shape index (κ2) is 7.54. The van der Waals surface area contributed by atoms with Crippen molar-refractivity contribution < 1.29 is 17.9 Å². The highest BCUT2D eigenvalue weighted by molar-refractivity contribution is 5.44. The van der Waals surface area contributed by atoms with Gasteiger partial charge < -0.3 is 9.64 Å². The van der Waals surface area contributed by atoms with Crippen LogP contribution in [0.25, 0.3) is 5.65 Å². The fourth-order valence-electron chi connectivity index (χ4n) is 4.28. The molecule has 2 fully saturated rings. The van der Waals surface area contributed by atoms with Crippen molar-refractivity contribution in [2.75, 3.05) is 32.8 Å². The van der Waals surface area contributed by atoms with Gasteiger partial charge in [0, 0.05) is 30.6 Å². The number of hydrogen-bond acceptors (Lipinski definition) is 4. The third-order valence-corrected chi connectivity index (χ3v) is 6.05. The molecule has 2 aromatic heterocycles. The van der Waals surface area contributed by atoms with E-state index in [1.807, 2.05) is 20.8 Å². The molecule has 2 saturated heterocycles. The summed E-state index contributed by atoms with van der Waals surface area (Å²) in [6, 6.07) is 2.88. The molecule has 2 aliphatic rings. The number of rotatable bonds is 3. The smallest absolute Gasteiger partial charge is 0.381 e. The number of fused-ring (bicyclic) bond motifs is 1. The van der Waals surface area contributed by atoms with Crippen LogP contribution in [0.1, 0.15) is 63.0 Å². The van der Waals surface area contributed by atoms with Crippen LogP contribution in [0.15, 0.2) is 12.1 Å². The van der Waals surface area contributed by atoms with Crippen molar-refractivity contribution in [1.82, 2.24) is 19.5 Å². The summed E-state index contributed by atoms with van der Waals surface area (Å²) in [4.78, 5) is 6.94. The van der Waals surface area contributed by atoms with Crippen LogP contribution in [-0.2, 0) is 16.3 Å². The Balaban J connectivity index is 1.56. The highest BCUT2D eigenvalue weighted by atomic mass is 19.4. The Morgan fingerprint density at radius 2 is 1.83 bits per heavy atom. The molecule has 0 saturated carbocycles. The topological polar surface area (TPSA) is 42.7 Å². The van der Waals surface area contributed by atoms with Gasteiger partial charge in [-0.25, -0.2) is 9.50 Å². The van der Waals surface area contributed by atoms with Crippen molar-refractivity contribution in [3.05, 3.63) is 29.2 Å². The second-order valence-electron chi connectivity index (χ2n) is 9.42. The van der Waals surface area contributed by atoms with Gasteiger partial charge in [-0.2, -0.15) is 18.3 Å². The Kier molecular flexibility index (Phi) is 5.36. The minimum Gasteiger partial charge on any atom is -0.381 e. The van der Waals surface area contributed by atoms with Crippen molar-refractivity contribution in [1.29, 1.82) is 0 Å². The fourth-order valence-corrected chi connectivity index (χ4v) is 4.28. The molecule has 2 aliphatic heterocycles. The molecule has 0 bridgehead atoms. The maximum Gasteiger partial charge on any atom is 0.433 e. The number of likely N-dealkylation sites (tertiary alicyclic amines) is 1. The number of alkyl halides is 3. The molecule has 0 N–H and O–H groups in total. The molecule has 4 heterocycles. The quantitative estimate of drug-likeness (QED) is 0.758. The number of aromatic nitrogens is 3. The summed E-state index contributed by atoms with van der Waals surface area (Å²) in [6.45, 7) is 10.2. The first-order valence-corrected chi connectivity index (χ1v) is 10.4. The van der Waals surface area contributed by atoms with Gasteiger partial charge in [0.1, 0.15) is 5.69 Å². The van der Waals surface area contributed by atoms with Gasteiger partial charge in [0.05, 0.1) is 18.0 Å². The monoisotopic (exact) mass is 410 g/mol. The maximum absolute atomic E-state index is 13.7. The number of halogens is 3. The number of nitrogens with zero attached hydrogens (tertiary/aromatic N) is 4. The Morgan fingerprint density at radius 3 is 2.41 bits per heavy atom. The molecule has 1 atom stereocenters. The molecular formula is C21H29F3N4O. The van der Waals surface area contributed by atoms with Crippen LogP contribution >= 0.6 is 0 Å². The molecule has 0 aromatic carbocycles. The summed E-state index contributed by atoms with van der Waals surface area (Å²) in [5.74, 6) is 0.781. The lowest BCUT2D eigenvalue weighted by Crippen LogP contribution is -2.36. The Hall–Kier alpha value is -1.67. The zero-order valence-electron chi connectivity index (χ0n) is 17.3. The van der Waals surface area contributed by atoms with E-state index in [9.17, 15) is 13.2 Å². The molecule has 2 aromatic rings. The summed E-state index contributed by atoms with van der Waals surface area (Å²) in [5, 5.41) is 4.35. The molecule has 29 heavy (non-hydrogen) atoms. The highest BCUT2D eigenvalue weighted by Gasteiger charge is 2.37. The molecule has 4 rings (SSSR count). The van der Waals surface area contributed by atoms with Gasteiger partial charge in [-0.3, -0.25) is 0 Å². The van der Waals surface area contributed by atoms with Crippen LogP contribution in [0.2, 0.25) is 0 Å². The van der Waals surface area contributed by atoms with E-state index in [-0.39, 0.29) is 11.6 Å². The zero-order valence-corrected chi connectivity index (χ0v) is 17.3. The molecule has 0 spiro atoms. The van der Waals surface area contributed by atoms with E-state index in [0.29, 0.717) is 11.6 Å². The normalized spacial score (nSPS) is 22.6. The van der Waals surface area contributed by atoms with E-state index >= 15 is 0 Å². The minimum atomic E-state index is -4.48. The van der Waals surface area contributed by atoms with Crippen LogP contribution in [0, 0.1) is 5.92 Å². The molecule has 0 radical (unpaired) electrons. The van der Waals surface area contributed by atoms with Crippen molar-refractivity contribution in [2.24, 2.45) is 5.92 Å². The molecule has 0 aliphatic carbocycles. The zero-order chi connectivity index (χ0) is 20.8. The fraction of sp³-hybridized carbons (Fsp3) is 0.714. The summed E-state index contributed by atoms with van der Waals surface area (Å²) >= 11 is 0. The predicted octanol–water partition coefficient (Wildman–Crippen LogP) is 4.26. The van der Waals surface area contributed by atoms with Crippen LogP contribution < -0.4 is 0 Å². The van der Waals surface area contributed by atoms with Crippen molar-refractivity contribution in [3.63, 3.8) is 0 Å². The Morgan fingerprint density at radius 1 is 1.10 bits per heavy atom. The third kappa shape index (κ3) is 4.43. The minimum absolute atomic E-state index is 0.173. The molecule has 0 amide bonds. The largest absolute Gasteiger partial charge is 0.433 e. The first-order chi connectivity index (χ1) is 13.6. The number of ether oxygens (including phenoxy) is 1. The Labute approximate surface area is 169 Å². The summed E-state index contributed by atoms with van der Waals surface area (Å²) in [7, 11) is 0. The number of piperidine rings is 1. The van der Waals surface area contributed by atoms with Gasteiger partial charge in [0.2, 0.25) is 0 Å². The average molecular weight is 410 g/mol. The van der Waals surface area contributed by atoms with E-state index in [1.54, 1.807) is 6.07 Å². The van der Waals surface area contributed by atoms with Crippen molar-refractivity contribution in [2.45, 2.75) is 57.5 Å². The molecule has 8 heteroatoms. The van der Waals surface area contributed by atoms with E-state index in [1.165, 1.54) is 0 Å². The maximum atomic E-state index is 13.7. The van der Waals surface area contributed by atoms with Crippen molar-refractivity contribution >= 4 is 5.65 Å². The molecule has 0 unspecified atom stereocenters. The third-order valence-electron chi connectivity index (χ3n) is 6.05.